The molecule has 6 aliphatic rings. The zero-order valence-corrected chi connectivity index (χ0v) is 37.7. The molecule has 9 rings (SSSR count). The van der Waals surface area contributed by atoms with Crippen LogP contribution in [-0.2, 0) is 45.9 Å². The summed E-state index contributed by atoms with van der Waals surface area (Å²) in [5.41, 5.74) is 2.35. The van der Waals surface area contributed by atoms with Crippen molar-refractivity contribution in [2.75, 3.05) is 58.8 Å². The smallest absolute Gasteiger partial charge is 0.373 e. The molecule has 10 atom stereocenters. The van der Waals surface area contributed by atoms with E-state index in [4.69, 9.17) is 19.1 Å². The second-order valence-corrected chi connectivity index (χ2v) is 19.2. The standard InChI is InChI=1S/C47H61FN6O6.CO2/c1-9-44(51-42(57)49-6)24-29-23-43(5,37-31(14-18-53(25-29)26-44)32-21-30(48)12-13-35(32)50-37)33-22-34-36(20-27(33)3)52(7)39-46(34)16-19-54-17-11-15-45(10-2,38(46)54)40(60-28(4)55)47(39,58)41(56)59-8;2-1-3/h11-13,15,20-22,29,38-40,50,58H,9-10,14,16-19,23-26H2,1-8H3,(H2,49,51,57);/t29-,38-,39+,40+,43+,44?,45+,46+,47-;/m0./s1. The number of hydrogen-bond donors (Lipinski definition) is 4. The molecule has 1 saturated carbocycles. The quantitative estimate of drug-likeness (QED) is 0.201. The van der Waals surface area contributed by atoms with Crippen LogP contribution < -0.4 is 15.5 Å². The number of carbonyl (C=O) groups excluding carboxylic acids is 5. The van der Waals surface area contributed by atoms with Gasteiger partial charge in [0.15, 0.2) is 6.10 Å². The van der Waals surface area contributed by atoms with Gasteiger partial charge in [-0.3, -0.25) is 9.69 Å². The molecular weight excluding hydrogens is 808 g/mol. The third-order valence-electron chi connectivity index (χ3n) is 16.1. The molecule has 2 aromatic carbocycles. The lowest BCUT2D eigenvalue weighted by atomic mass is 9.47. The van der Waals surface area contributed by atoms with Crippen LogP contribution in [0.15, 0.2) is 42.5 Å². The van der Waals surface area contributed by atoms with Crippen LogP contribution in [-0.4, -0.2) is 127 Å². The number of nitrogens with zero attached hydrogens (tertiary/aromatic N) is 3. The lowest BCUT2D eigenvalue weighted by Gasteiger charge is -2.63. The van der Waals surface area contributed by atoms with Crippen molar-refractivity contribution in [3.05, 3.63) is 76.2 Å². The van der Waals surface area contributed by atoms with Gasteiger partial charge in [0.2, 0.25) is 5.60 Å². The van der Waals surface area contributed by atoms with Crippen molar-refractivity contribution in [2.24, 2.45) is 11.3 Å². The molecule has 1 spiro atoms. The highest BCUT2D eigenvalue weighted by molar-refractivity contribution is 5.88. The van der Waals surface area contributed by atoms with Crippen LogP contribution in [0, 0.1) is 24.1 Å². The number of rotatable bonds is 6. The minimum Gasteiger partial charge on any atom is -0.467 e. The summed E-state index contributed by atoms with van der Waals surface area (Å²) < 4.78 is 26.8. The summed E-state index contributed by atoms with van der Waals surface area (Å²) in [4.78, 5) is 67.4. The van der Waals surface area contributed by atoms with Crippen molar-refractivity contribution in [3.8, 4) is 0 Å². The highest BCUT2D eigenvalue weighted by Gasteiger charge is 2.80. The summed E-state index contributed by atoms with van der Waals surface area (Å²) in [6.45, 7) is 13.8. The van der Waals surface area contributed by atoms with E-state index in [0.717, 1.165) is 90.0 Å². The monoisotopic (exact) mass is 868 g/mol. The SMILES string of the molecule is CCC1(NC(=O)NC)C[C@H]2CN(CCc3c([nH]c4ccc(F)cc34)[C@@](C)(c3cc4c(cc3C)N(C)[C@H]3[C@@](O)(C(=O)OC)[C@H](OC(C)=O)[C@]5(CC)C=CCN6CC[C@]43[C@@H]65)C2)C1.O=C=O. The van der Waals surface area contributed by atoms with Crippen molar-refractivity contribution >= 4 is 40.7 Å². The van der Waals surface area contributed by atoms with E-state index < -0.39 is 51.5 Å². The first-order valence-electron chi connectivity index (χ1n) is 22.3. The van der Waals surface area contributed by atoms with Gasteiger partial charge in [-0.05, 0) is 111 Å². The Bertz CT molecular complexity index is 2420. The van der Waals surface area contributed by atoms with E-state index in [9.17, 15) is 19.5 Å². The maximum absolute atomic E-state index is 15.1. The number of methoxy groups -OCH3 is 1. The van der Waals surface area contributed by atoms with E-state index in [1.165, 1.54) is 20.1 Å². The zero-order valence-electron chi connectivity index (χ0n) is 37.7. The van der Waals surface area contributed by atoms with Gasteiger partial charge in [-0.1, -0.05) is 32.1 Å². The van der Waals surface area contributed by atoms with Crippen molar-refractivity contribution in [1.82, 2.24) is 25.4 Å². The summed E-state index contributed by atoms with van der Waals surface area (Å²) in [6.07, 6.45) is 7.47. The maximum atomic E-state index is 15.1. The molecule has 338 valence electrons. The fraction of sp³-hybridized carbons (Fsp3) is 0.583. The van der Waals surface area contributed by atoms with Gasteiger partial charge in [0, 0.05) is 91.8 Å². The van der Waals surface area contributed by atoms with E-state index in [2.05, 4.69) is 82.3 Å². The summed E-state index contributed by atoms with van der Waals surface area (Å²) in [7, 11) is 4.89. The molecule has 14 nitrogen and oxygen atoms in total. The van der Waals surface area contributed by atoms with E-state index in [1.807, 2.05) is 13.1 Å². The molecule has 1 aliphatic carbocycles. The van der Waals surface area contributed by atoms with Gasteiger partial charge in [0.05, 0.1) is 18.7 Å². The van der Waals surface area contributed by atoms with Crippen LogP contribution in [0.3, 0.4) is 0 Å². The van der Waals surface area contributed by atoms with E-state index in [0.29, 0.717) is 25.8 Å². The second-order valence-electron chi connectivity index (χ2n) is 19.2. The normalized spacial score (nSPS) is 35.0. The number of esters is 2. The van der Waals surface area contributed by atoms with Crippen molar-refractivity contribution in [1.29, 1.82) is 0 Å². The van der Waals surface area contributed by atoms with Gasteiger partial charge in [0.25, 0.3) is 0 Å². The van der Waals surface area contributed by atoms with Gasteiger partial charge in [-0.2, -0.15) is 9.59 Å². The van der Waals surface area contributed by atoms with Crippen molar-refractivity contribution in [3.63, 3.8) is 0 Å². The number of aliphatic hydroxyl groups is 1. The average molecular weight is 869 g/mol. The molecule has 63 heavy (non-hydrogen) atoms. The van der Waals surface area contributed by atoms with Gasteiger partial charge in [0.1, 0.15) is 5.82 Å². The number of aromatic nitrogens is 1. The van der Waals surface area contributed by atoms with E-state index in [-0.39, 0.29) is 30.0 Å². The number of aryl methyl sites for hydroxylation is 1. The number of ether oxygens (including phenoxy) is 2. The van der Waals surface area contributed by atoms with E-state index in [1.54, 1.807) is 13.1 Å². The van der Waals surface area contributed by atoms with Gasteiger partial charge < -0.3 is 40.0 Å². The van der Waals surface area contributed by atoms with Crippen LogP contribution >= 0.6 is 0 Å². The second kappa shape index (κ2) is 15.9. The topological polar surface area (TPSA) is 174 Å². The molecule has 2 saturated heterocycles. The molecule has 2 amide bonds. The molecule has 2 unspecified atom stereocenters. The number of halogens is 1. The number of anilines is 1. The first-order chi connectivity index (χ1) is 30.0. The molecule has 1 aromatic heterocycles. The summed E-state index contributed by atoms with van der Waals surface area (Å²) >= 11 is 0. The van der Waals surface area contributed by atoms with Crippen LogP contribution in [0.5, 0.6) is 0 Å². The first-order valence-corrected chi connectivity index (χ1v) is 22.3. The highest BCUT2D eigenvalue weighted by Crippen LogP contribution is 2.68. The summed E-state index contributed by atoms with van der Waals surface area (Å²) in [6, 6.07) is 8.42. The number of benzene rings is 2. The molecule has 6 heterocycles. The molecule has 3 aromatic rings. The predicted octanol–water partition coefficient (Wildman–Crippen LogP) is 4.63. The minimum absolute atomic E-state index is 0.184. The van der Waals surface area contributed by atoms with Crippen LogP contribution in [0.1, 0.15) is 87.7 Å². The molecule has 5 aliphatic heterocycles. The minimum atomic E-state index is -2.21. The van der Waals surface area contributed by atoms with Gasteiger partial charge in [-0.25, -0.2) is 14.0 Å². The average Bonchev–Trinajstić information content (AvgIpc) is 3.91. The molecular formula is C48H61FN6O8. The fourth-order valence-electron chi connectivity index (χ4n) is 14.0. The van der Waals surface area contributed by atoms with Gasteiger partial charge >= 0.3 is 24.1 Å². The lowest BCUT2D eigenvalue weighted by molar-refractivity contribution is -0.228. The molecule has 0 radical (unpaired) electrons. The number of nitrogens with one attached hydrogen (secondary N) is 3. The number of fused-ring (bicyclic) bond motifs is 6. The molecule has 3 fully saturated rings. The molecule has 15 heteroatoms. The van der Waals surface area contributed by atoms with Crippen molar-refractivity contribution in [2.45, 2.75) is 113 Å². The predicted molar refractivity (Wildman–Crippen MR) is 233 cm³/mol. The van der Waals surface area contributed by atoms with Crippen LogP contribution in [0.2, 0.25) is 0 Å². The Hall–Kier alpha value is -5.08. The Balaban J connectivity index is 0.00000177. The fourth-order valence-corrected chi connectivity index (χ4v) is 14.0. The third kappa shape index (κ3) is 6.39. The van der Waals surface area contributed by atoms with Crippen molar-refractivity contribution < 1.29 is 42.9 Å². The number of hydrogen-bond acceptors (Lipinski definition) is 11. The Morgan fingerprint density at radius 3 is 2.48 bits per heavy atom. The number of urea groups is 1. The Morgan fingerprint density at radius 2 is 1.81 bits per heavy atom. The first kappa shape index (κ1) is 44.5. The lowest BCUT2D eigenvalue weighted by Crippen LogP contribution is -2.81. The van der Waals surface area contributed by atoms with Gasteiger partial charge in [-0.15, -0.1) is 0 Å². The molecule has 2 bridgehead atoms. The number of carbonyl (C=O) groups is 3. The largest absolute Gasteiger partial charge is 0.467 e. The number of amides is 2. The third-order valence-corrected chi connectivity index (χ3v) is 16.1. The highest BCUT2D eigenvalue weighted by atomic mass is 19.1. The summed E-state index contributed by atoms with van der Waals surface area (Å²) in [5.74, 6) is -1.47. The summed E-state index contributed by atoms with van der Waals surface area (Å²) in [5, 5.41) is 20.3. The molecule has 4 N–H and O–H groups in total. The Labute approximate surface area is 367 Å². The van der Waals surface area contributed by atoms with E-state index >= 15 is 4.39 Å². The number of aromatic amines is 1. The number of piperidine rings is 1. The van der Waals surface area contributed by atoms with Crippen LogP contribution in [0.25, 0.3) is 10.9 Å². The Kier molecular flexibility index (Phi) is 11.2. The maximum Gasteiger partial charge on any atom is 0.373 e. The zero-order chi connectivity index (χ0) is 45.4. The Morgan fingerprint density at radius 1 is 1.06 bits per heavy atom. The van der Waals surface area contributed by atoms with Crippen LogP contribution in [0.4, 0.5) is 14.9 Å². The number of likely N-dealkylation sites (N-methyl/N-ethyl adjacent to an activating group) is 1. The number of H-pyrrole nitrogens is 1.